The van der Waals surface area contributed by atoms with E-state index in [2.05, 4.69) is 20.4 Å². The lowest BCUT2D eigenvalue weighted by atomic mass is 9.99. The Morgan fingerprint density at radius 2 is 1.23 bits per heavy atom. The molecule has 0 aliphatic rings. The molecule has 0 saturated heterocycles. The second-order valence-corrected chi connectivity index (χ2v) is 9.12. The van der Waals surface area contributed by atoms with Crippen molar-refractivity contribution in [3.63, 3.8) is 0 Å². The van der Waals surface area contributed by atoms with Gasteiger partial charge in [-0.05, 0) is 91.4 Å². The molecule has 204 valence electrons. The minimum Gasteiger partial charge on any atom is -0.494 e. The van der Waals surface area contributed by atoms with Crippen LogP contribution in [0.5, 0.6) is 17.2 Å². The summed E-state index contributed by atoms with van der Waals surface area (Å²) in [6.07, 6.45) is 4.61. The number of hydrogen-bond donors (Lipinski definition) is 0. The molecule has 0 amide bonds. The number of hydrogen-bond acceptors (Lipinski definition) is 7. The normalized spacial score (nSPS) is 11.2. The van der Waals surface area contributed by atoms with Crippen molar-refractivity contribution in [1.82, 2.24) is 0 Å². The molecule has 0 fully saturated rings. The molecule has 3 rings (SSSR count). The summed E-state index contributed by atoms with van der Waals surface area (Å²) < 4.78 is 21.4. The zero-order valence-corrected chi connectivity index (χ0v) is 22.4. The molecule has 0 saturated carbocycles. The molecule has 0 heterocycles. The molecular formula is C32H34O7. The predicted molar refractivity (Wildman–Crippen MR) is 148 cm³/mol. The van der Waals surface area contributed by atoms with E-state index in [-0.39, 0.29) is 0 Å². The van der Waals surface area contributed by atoms with Gasteiger partial charge in [-0.15, -0.1) is 0 Å². The Balaban J connectivity index is 1.44. The van der Waals surface area contributed by atoms with Crippen LogP contribution in [0.1, 0.15) is 59.4 Å². The summed E-state index contributed by atoms with van der Waals surface area (Å²) >= 11 is 0. The third-order valence-corrected chi connectivity index (χ3v) is 6.02. The zero-order chi connectivity index (χ0) is 28.0. The number of carbonyl (C=O) groups is 3. The molecule has 0 aliphatic heterocycles. The Morgan fingerprint density at radius 3 is 1.74 bits per heavy atom. The van der Waals surface area contributed by atoms with E-state index in [1.54, 1.807) is 60.7 Å². The first-order valence-corrected chi connectivity index (χ1v) is 13.0. The summed E-state index contributed by atoms with van der Waals surface area (Å²) in [5.41, 5.74) is 1.91. The summed E-state index contributed by atoms with van der Waals surface area (Å²) in [7, 11) is 0. The van der Waals surface area contributed by atoms with Crippen molar-refractivity contribution in [2.24, 2.45) is 5.92 Å². The van der Waals surface area contributed by atoms with Crippen LogP contribution in [0.3, 0.4) is 0 Å². The summed E-state index contributed by atoms with van der Waals surface area (Å²) in [6.45, 7) is 8.48. The number of unbranched alkanes of at least 4 members (excludes halogenated alkanes) is 1. The van der Waals surface area contributed by atoms with Crippen LogP contribution < -0.4 is 14.2 Å². The quantitative estimate of drug-likeness (QED) is 0.100. The van der Waals surface area contributed by atoms with Gasteiger partial charge < -0.3 is 18.9 Å². The fourth-order valence-corrected chi connectivity index (χ4v) is 3.54. The molecule has 0 aromatic heterocycles. The number of carbonyl (C=O) groups excluding carboxylic acids is 3. The molecule has 1 atom stereocenters. The number of rotatable bonds is 14. The first-order chi connectivity index (χ1) is 18.9. The Bertz CT molecular complexity index is 1230. The van der Waals surface area contributed by atoms with Gasteiger partial charge in [-0.25, -0.2) is 14.4 Å². The zero-order valence-electron chi connectivity index (χ0n) is 22.4. The molecule has 0 bridgehead atoms. The van der Waals surface area contributed by atoms with E-state index in [4.69, 9.17) is 18.9 Å². The lowest BCUT2D eigenvalue weighted by molar-refractivity contribution is -0.137. The van der Waals surface area contributed by atoms with Crippen LogP contribution in [0, 0.1) is 5.92 Å². The largest absolute Gasteiger partial charge is 0.494 e. The minimum atomic E-state index is -0.529. The van der Waals surface area contributed by atoms with Crippen molar-refractivity contribution in [1.29, 1.82) is 0 Å². The standard InChI is InChI=1S/C32H34O7/c1-4-23(3)22-24-8-14-28(15-9-24)38-32(35)26-12-18-29(19-13-26)39-31(34)25-10-16-27(17-11-25)36-20-6-7-21-37-30(33)5-2/h5,8-19,23H,2,4,6-7,20-22H2,1,3H3. The highest BCUT2D eigenvalue weighted by molar-refractivity contribution is 5.92. The molecule has 0 spiro atoms. The summed E-state index contributed by atoms with van der Waals surface area (Å²) in [5, 5.41) is 0. The van der Waals surface area contributed by atoms with Crippen molar-refractivity contribution >= 4 is 17.9 Å². The molecular weight excluding hydrogens is 496 g/mol. The molecule has 1 unspecified atom stereocenters. The van der Waals surface area contributed by atoms with E-state index in [1.165, 1.54) is 5.56 Å². The van der Waals surface area contributed by atoms with Gasteiger partial charge in [0.15, 0.2) is 0 Å². The highest BCUT2D eigenvalue weighted by Gasteiger charge is 2.12. The smallest absolute Gasteiger partial charge is 0.343 e. The number of ether oxygens (including phenoxy) is 4. The molecule has 0 aliphatic carbocycles. The molecule has 0 radical (unpaired) electrons. The summed E-state index contributed by atoms with van der Waals surface area (Å²) in [4.78, 5) is 36.0. The molecule has 3 aromatic carbocycles. The average molecular weight is 531 g/mol. The van der Waals surface area contributed by atoms with Gasteiger partial charge in [0.2, 0.25) is 0 Å². The average Bonchev–Trinajstić information content (AvgIpc) is 2.96. The van der Waals surface area contributed by atoms with E-state index in [1.807, 2.05) is 12.1 Å². The lowest BCUT2D eigenvalue weighted by Crippen LogP contribution is -2.10. The second kappa shape index (κ2) is 15.1. The van der Waals surface area contributed by atoms with E-state index >= 15 is 0 Å². The molecule has 0 N–H and O–H groups in total. The Labute approximate surface area is 229 Å². The Hall–Kier alpha value is -4.39. The van der Waals surface area contributed by atoms with Gasteiger partial charge in [0.25, 0.3) is 0 Å². The first-order valence-electron chi connectivity index (χ1n) is 13.0. The van der Waals surface area contributed by atoms with Gasteiger partial charge in [0.05, 0.1) is 24.3 Å². The van der Waals surface area contributed by atoms with Crippen LogP contribution in [0.2, 0.25) is 0 Å². The van der Waals surface area contributed by atoms with Crippen molar-refractivity contribution in [3.8, 4) is 17.2 Å². The minimum absolute atomic E-state index is 0.309. The highest BCUT2D eigenvalue weighted by Crippen LogP contribution is 2.20. The van der Waals surface area contributed by atoms with E-state index in [9.17, 15) is 14.4 Å². The number of esters is 3. The van der Waals surface area contributed by atoms with Crippen molar-refractivity contribution in [2.75, 3.05) is 13.2 Å². The topological polar surface area (TPSA) is 88.1 Å². The van der Waals surface area contributed by atoms with Gasteiger partial charge >= 0.3 is 17.9 Å². The van der Waals surface area contributed by atoms with Crippen LogP contribution in [0.15, 0.2) is 85.5 Å². The number of benzene rings is 3. The van der Waals surface area contributed by atoms with Crippen molar-refractivity contribution < 1.29 is 33.3 Å². The Morgan fingerprint density at radius 1 is 0.744 bits per heavy atom. The van der Waals surface area contributed by atoms with E-state index in [0.717, 1.165) is 18.9 Å². The van der Waals surface area contributed by atoms with Crippen LogP contribution in [0.4, 0.5) is 0 Å². The fourth-order valence-electron chi connectivity index (χ4n) is 3.54. The Kier molecular flexibility index (Phi) is 11.3. The lowest BCUT2D eigenvalue weighted by Gasteiger charge is -2.10. The van der Waals surface area contributed by atoms with E-state index in [0.29, 0.717) is 60.3 Å². The van der Waals surface area contributed by atoms with Crippen molar-refractivity contribution in [3.05, 3.63) is 102 Å². The van der Waals surface area contributed by atoms with Gasteiger partial charge in [-0.2, -0.15) is 0 Å². The SMILES string of the molecule is C=CC(=O)OCCCCOc1ccc(C(=O)Oc2ccc(C(=O)Oc3ccc(CC(C)CC)cc3)cc2)cc1. The van der Waals surface area contributed by atoms with Gasteiger partial charge in [-0.1, -0.05) is 39.0 Å². The molecule has 7 heteroatoms. The molecule has 7 nitrogen and oxygen atoms in total. The van der Waals surface area contributed by atoms with Crippen LogP contribution in [0.25, 0.3) is 0 Å². The van der Waals surface area contributed by atoms with Gasteiger partial charge in [-0.3, -0.25) is 0 Å². The first kappa shape index (κ1) is 29.2. The van der Waals surface area contributed by atoms with Crippen LogP contribution in [-0.4, -0.2) is 31.1 Å². The van der Waals surface area contributed by atoms with Gasteiger partial charge in [0, 0.05) is 6.08 Å². The molecule has 39 heavy (non-hydrogen) atoms. The third kappa shape index (κ3) is 9.78. The van der Waals surface area contributed by atoms with Crippen LogP contribution >= 0.6 is 0 Å². The summed E-state index contributed by atoms with van der Waals surface area (Å²) in [6, 6.07) is 20.3. The summed E-state index contributed by atoms with van der Waals surface area (Å²) in [5.74, 6) is 0.541. The van der Waals surface area contributed by atoms with Crippen molar-refractivity contribution in [2.45, 2.75) is 39.5 Å². The maximum absolute atomic E-state index is 12.5. The molecule has 3 aromatic rings. The maximum Gasteiger partial charge on any atom is 0.343 e. The fraction of sp³-hybridized carbons (Fsp3) is 0.281. The maximum atomic E-state index is 12.5. The van der Waals surface area contributed by atoms with Gasteiger partial charge in [0.1, 0.15) is 17.2 Å². The second-order valence-electron chi connectivity index (χ2n) is 9.12. The van der Waals surface area contributed by atoms with E-state index < -0.39 is 17.9 Å². The predicted octanol–water partition coefficient (Wildman–Crippen LogP) is 6.60. The third-order valence-electron chi connectivity index (χ3n) is 6.02. The highest BCUT2D eigenvalue weighted by atomic mass is 16.5. The monoisotopic (exact) mass is 530 g/mol. The van der Waals surface area contributed by atoms with Crippen LogP contribution in [-0.2, 0) is 16.0 Å².